The van der Waals surface area contributed by atoms with Crippen LogP contribution in [0.25, 0.3) is 0 Å². The van der Waals surface area contributed by atoms with Gasteiger partial charge in [-0.25, -0.2) is 4.39 Å². The summed E-state index contributed by atoms with van der Waals surface area (Å²) in [6.45, 7) is 2.64. The Morgan fingerprint density at radius 1 is 1.25 bits per heavy atom. The molecule has 1 aromatic carbocycles. The third-order valence-electron chi connectivity index (χ3n) is 2.56. The lowest BCUT2D eigenvalue weighted by Gasteiger charge is -2.11. The van der Waals surface area contributed by atoms with Crippen LogP contribution in [-0.2, 0) is 6.61 Å². The number of hydrogen-bond acceptors (Lipinski definition) is 3. The van der Waals surface area contributed by atoms with Gasteiger partial charge in [0.05, 0.1) is 5.02 Å². The molecule has 0 unspecified atom stereocenters. The molecule has 1 N–H and O–H groups in total. The molecule has 1 aromatic heterocycles. The summed E-state index contributed by atoms with van der Waals surface area (Å²) < 4.78 is 19.0. The number of ether oxygens (including phenoxy) is 1. The van der Waals surface area contributed by atoms with Gasteiger partial charge in [-0.3, -0.25) is 0 Å². The zero-order valence-corrected chi connectivity index (χ0v) is 12.3. The van der Waals surface area contributed by atoms with Crippen molar-refractivity contribution in [1.29, 1.82) is 0 Å². The monoisotopic (exact) mass is 314 g/mol. The van der Waals surface area contributed by atoms with Gasteiger partial charge in [0.25, 0.3) is 0 Å². The fourth-order valence-corrected chi connectivity index (χ4v) is 2.08. The average molecular weight is 315 g/mol. The van der Waals surface area contributed by atoms with Crippen molar-refractivity contribution in [2.24, 2.45) is 0 Å². The van der Waals surface area contributed by atoms with E-state index in [1.807, 2.05) is 6.92 Å². The SMILES string of the molecule is CCNc1nc(OCc2ccccc2F)c(Cl)cc1Cl. The number of nitrogens with zero attached hydrogens (tertiary/aromatic N) is 1. The normalized spacial score (nSPS) is 10.4. The predicted octanol–water partition coefficient (Wildman–Crippen LogP) is 4.54. The van der Waals surface area contributed by atoms with Gasteiger partial charge in [0.2, 0.25) is 5.88 Å². The van der Waals surface area contributed by atoms with Crippen LogP contribution < -0.4 is 10.1 Å². The number of nitrogens with one attached hydrogen (secondary N) is 1. The van der Waals surface area contributed by atoms with Crippen molar-refractivity contribution in [2.75, 3.05) is 11.9 Å². The molecule has 0 bridgehead atoms. The number of pyridine rings is 1. The minimum Gasteiger partial charge on any atom is -0.472 e. The van der Waals surface area contributed by atoms with Gasteiger partial charge in [0, 0.05) is 12.1 Å². The van der Waals surface area contributed by atoms with Crippen molar-refractivity contribution in [2.45, 2.75) is 13.5 Å². The molecule has 3 nitrogen and oxygen atoms in total. The summed E-state index contributed by atoms with van der Waals surface area (Å²) in [5, 5.41) is 3.69. The Hall–Kier alpha value is -1.52. The molecular weight excluding hydrogens is 302 g/mol. The van der Waals surface area contributed by atoms with Crippen LogP contribution in [-0.4, -0.2) is 11.5 Å². The Kier molecular flexibility index (Phi) is 5.04. The van der Waals surface area contributed by atoms with E-state index in [4.69, 9.17) is 27.9 Å². The predicted molar refractivity (Wildman–Crippen MR) is 79.2 cm³/mol. The minimum atomic E-state index is -0.329. The fourth-order valence-electron chi connectivity index (χ4n) is 1.60. The number of aromatic nitrogens is 1. The second-order valence-corrected chi connectivity index (χ2v) is 4.83. The van der Waals surface area contributed by atoms with Crippen molar-refractivity contribution in [3.63, 3.8) is 0 Å². The molecule has 0 fully saturated rings. The van der Waals surface area contributed by atoms with E-state index >= 15 is 0 Å². The van der Waals surface area contributed by atoms with Gasteiger partial charge in [-0.15, -0.1) is 0 Å². The first-order chi connectivity index (χ1) is 9.61. The Morgan fingerprint density at radius 3 is 2.70 bits per heavy atom. The molecule has 0 spiro atoms. The smallest absolute Gasteiger partial charge is 0.235 e. The maximum Gasteiger partial charge on any atom is 0.235 e. The number of halogens is 3. The highest BCUT2D eigenvalue weighted by molar-refractivity contribution is 6.36. The van der Waals surface area contributed by atoms with Crippen LogP contribution >= 0.6 is 23.2 Å². The van der Waals surface area contributed by atoms with Crippen molar-refractivity contribution in [3.05, 3.63) is 51.8 Å². The Balaban J connectivity index is 2.17. The number of rotatable bonds is 5. The highest BCUT2D eigenvalue weighted by Crippen LogP contribution is 2.31. The van der Waals surface area contributed by atoms with Crippen LogP contribution in [0.15, 0.2) is 30.3 Å². The quantitative estimate of drug-likeness (QED) is 0.879. The number of benzene rings is 1. The average Bonchev–Trinajstić information content (AvgIpc) is 2.42. The molecular formula is C14H13Cl2FN2O. The summed E-state index contributed by atoms with van der Waals surface area (Å²) in [7, 11) is 0. The van der Waals surface area contributed by atoms with Crippen molar-refractivity contribution >= 4 is 29.0 Å². The van der Waals surface area contributed by atoms with Crippen LogP contribution in [0, 0.1) is 5.82 Å². The van der Waals surface area contributed by atoms with E-state index < -0.39 is 0 Å². The molecule has 20 heavy (non-hydrogen) atoms. The van der Waals surface area contributed by atoms with Crippen LogP contribution in [0.4, 0.5) is 10.2 Å². The van der Waals surface area contributed by atoms with Gasteiger partial charge < -0.3 is 10.1 Å². The minimum absolute atomic E-state index is 0.0482. The van der Waals surface area contributed by atoms with Gasteiger partial charge in [-0.2, -0.15) is 4.98 Å². The summed E-state index contributed by atoms with van der Waals surface area (Å²) in [4.78, 5) is 4.19. The molecule has 0 aliphatic rings. The summed E-state index contributed by atoms with van der Waals surface area (Å²) in [5.74, 6) is 0.377. The molecule has 0 aliphatic carbocycles. The Bertz CT molecular complexity index is 608. The highest BCUT2D eigenvalue weighted by atomic mass is 35.5. The summed E-state index contributed by atoms with van der Waals surface area (Å²) >= 11 is 12.0. The van der Waals surface area contributed by atoms with Crippen LogP contribution in [0.3, 0.4) is 0 Å². The Morgan fingerprint density at radius 2 is 2.00 bits per heavy atom. The second kappa shape index (κ2) is 6.77. The largest absolute Gasteiger partial charge is 0.472 e. The molecule has 0 aliphatic heterocycles. The van der Waals surface area contributed by atoms with Gasteiger partial charge in [0.15, 0.2) is 0 Å². The highest BCUT2D eigenvalue weighted by Gasteiger charge is 2.11. The van der Waals surface area contributed by atoms with E-state index in [0.717, 1.165) is 0 Å². The number of hydrogen-bond donors (Lipinski definition) is 1. The van der Waals surface area contributed by atoms with Gasteiger partial charge in [-0.1, -0.05) is 41.4 Å². The molecule has 2 rings (SSSR count). The maximum absolute atomic E-state index is 13.5. The molecule has 0 amide bonds. The zero-order chi connectivity index (χ0) is 14.5. The molecule has 2 aromatic rings. The molecule has 106 valence electrons. The molecule has 0 saturated carbocycles. The third-order valence-corrected chi connectivity index (χ3v) is 3.12. The maximum atomic E-state index is 13.5. The molecule has 0 saturated heterocycles. The van der Waals surface area contributed by atoms with E-state index in [1.54, 1.807) is 24.3 Å². The fraction of sp³-hybridized carbons (Fsp3) is 0.214. The van der Waals surface area contributed by atoms with E-state index in [1.165, 1.54) is 6.07 Å². The van der Waals surface area contributed by atoms with Crippen molar-refractivity contribution in [3.8, 4) is 5.88 Å². The molecule has 1 heterocycles. The summed E-state index contributed by atoms with van der Waals surface area (Å²) in [6, 6.07) is 7.92. The Labute approximate surface area is 126 Å². The van der Waals surface area contributed by atoms with Gasteiger partial charge in [0.1, 0.15) is 23.3 Å². The van der Waals surface area contributed by atoms with Crippen LogP contribution in [0.2, 0.25) is 10.0 Å². The van der Waals surface area contributed by atoms with Crippen molar-refractivity contribution < 1.29 is 9.13 Å². The lowest BCUT2D eigenvalue weighted by Crippen LogP contribution is -2.04. The van der Waals surface area contributed by atoms with E-state index in [0.29, 0.717) is 22.9 Å². The van der Waals surface area contributed by atoms with Gasteiger partial charge in [-0.05, 0) is 19.1 Å². The molecule has 6 heteroatoms. The van der Waals surface area contributed by atoms with Crippen molar-refractivity contribution in [1.82, 2.24) is 4.98 Å². The lowest BCUT2D eigenvalue weighted by atomic mass is 10.2. The summed E-state index contributed by atoms with van der Waals surface area (Å²) in [5.41, 5.74) is 0.435. The zero-order valence-electron chi connectivity index (χ0n) is 10.8. The molecule has 0 atom stereocenters. The standard InChI is InChI=1S/C14H13Cl2FN2O/c1-2-18-13-10(15)7-11(16)14(19-13)20-8-9-5-3-4-6-12(9)17/h3-7H,2,8H2,1H3,(H,18,19). The third kappa shape index (κ3) is 3.52. The van der Waals surface area contributed by atoms with E-state index in [2.05, 4.69) is 10.3 Å². The van der Waals surface area contributed by atoms with Crippen LogP contribution in [0.5, 0.6) is 5.88 Å². The van der Waals surface area contributed by atoms with E-state index in [9.17, 15) is 4.39 Å². The first-order valence-corrected chi connectivity index (χ1v) is 6.83. The van der Waals surface area contributed by atoms with E-state index in [-0.39, 0.29) is 23.3 Å². The van der Waals surface area contributed by atoms with Gasteiger partial charge >= 0.3 is 0 Å². The second-order valence-electron chi connectivity index (χ2n) is 4.02. The first kappa shape index (κ1) is 14.9. The topological polar surface area (TPSA) is 34.2 Å². The van der Waals surface area contributed by atoms with Crippen LogP contribution in [0.1, 0.15) is 12.5 Å². The number of anilines is 1. The summed E-state index contributed by atoms with van der Waals surface area (Å²) in [6.07, 6.45) is 0. The molecule has 0 radical (unpaired) electrons. The first-order valence-electron chi connectivity index (χ1n) is 6.08. The lowest BCUT2D eigenvalue weighted by molar-refractivity contribution is 0.288.